The average Bonchev–Trinajstić information content (AvgIpc) is 3.87. The Morgan fingerprint density at radius 1 is 0.477 bits per heavy atom. The largest absolute Gasteiger partial charge is 0.457 e. The van der Waals surface area contributed by atoms with Crippen LogP contribution in [0.3, 0.4) is 0 Å². The monoisotopic (exact) mass is 850 g/mol. The summed E-state index contributed by atoms with van der Waals surface area (Å²) >= 11 is 0. The Morgan fingerprint density at radius 3 is 1.78 bits per heavy atom. The Kier molecular flexibility index (Phi) is 9.76. The van der Waals surface area contributed by atoms with E-state index >= 15 is 8.78 Å². The molecule has 0 unspecified atom stereocenters. The van der Waals surface area contributed by atoms with Crippen LogP contribution in [0.4, 0.5) is 31.5 Å². The van der Waals surface area contributed by atoms with Gasteiger partial charge in [0.2, 0.25) is 0 Å². The molecular weight excluding hydrogens is 807 g/mol. The van der Waals surface area contributed by atoms with E-state index in [2.05, 4.69) is 158 Å². The van der Waals surface area contributed by atoms with Crippen LogP contribution in [-0.2, 0) is 5.41 Å². The molecule has 0 amide bonds. The molecule has 1 aliphatic rings. The topological polar surface area (TPSA) is 33.5 Å². The van der Waals surface area contributed by atoms with Crippen molar-refractivity contribution in [3.63, 3.8) is 0 Å². The van der Waals surface area contributed by atoms with Crippen molar-refractivity contribution in [1.29, 1.82) is 0 Å². The van der Waals surface area contributed by atoms with Gasteiger partial charge in [-0.2, -0.15) is 0 Å². The van der Waals surface area contributed by atoms with Crippen LogP contribution in [0, 0.1) is 11.6 Å². The van der Waals surface area contributed by atoms with Crippen LogP contribution in [0.1, 0.15) is 26.3 Å². The maximum absolute atomic E-state index is 15.8. The van der Waals surface area contributed by atoms with Gasteiger partial charge in [0.25, 0.3) is 0 Å². The van der Waals surface area contributed by atoms with Crippen molar-refractivity contribution in [3.8, 4) is 50.7 Å². The number of rotatable bonds is 8. The lowest BCUT2D eigenvalue weighted by atomic mass is 9.86. The molecule has 2 aromatic heterocycles. The highest BCUT2D eigenvalue weighted by atomic mass is 19.1. The molecule has 3 heterocycles. The van der Waals surface area contributed by atoms with Gasteiger partial charge in [0.05, 0.1) is 22.4 Å². The summed E-state index contributed by atoms with van der Waals surface area (Å²) in [6.45, 7) is 6.59. The van der Waals surface area contributed by atoms with Crippen LogP contribution in [0.2, 0.25) is 0 Å². The molecule has 0 saturated carbocycles. The van der Waals surface area contributed by atoms with Crippen LogP contribution < -0.4 is 14.5 Å². The zero-order valence-corrected chi connectivity index (χ0v) is 36.2. The third-order valence-corrected chi connectivity index (χ3v) is 12.4. The number of hydrogen-bond donors (Lipinski definition) is 0. The van der Waals surface area contributed by atoms with Crippen molar-refractivity contribution in [2.45, 2.75) is 26.2 Å². The molecule has 0 bridgehead atoms. The van der Waals surface area contributed by atoms with Crippen LogP contribution in [0.25, 0.3) is 61.0 Å². The quantitative estimate of drug-likeness (QED) is 0.152. The van der Waals surface area contributed by atoms with Crippen LogP contribution >= 0.6 is 0 Å². The molecule has 11 rings (SSSR count). The van der Waals surface area contributed by atoms with E-state index in [0.717, 1.165) is 83.6 Å². The van der Waals surface area contributed by atoms with Gasteiger partial charge in [-0.3, -0.25) is 4.57 Å². The first-order chi connectivity index (χ1) is 31.7. The van der Waals surface area contributed by atoms with Crippen molar-refractivity contribution >= 4 is 44.6 Å². The van der Waals surface area contributed by atoms with Crippen molar-refractivity contribution < 1.29 is 13.5 Å². The number of aromatic nitrogens is 2. The lowest BCUT2D eigenvalue weighted by molar-refractivity contribution is 0.483. The number of pyridine rings is 1. The minimum Gasteiger partial charge on any atom is -0.457 e. The molecule has 0 aliphatic carbocycles. The van der Waals surface area contributed by atoms with Gasteiger partial charge in [-0.05, 0) is 129 Å². The fourth-order valence-electron chi connectivity index (χ4n) is 9.12. The maximum Gasteiger partial charge on any atom is 0.149 e. The molecular formula is C58H44F2N4O. The zero-order chi connectivity index (χ0) is 44.2. The fourth-order valence-corrected chi connectivity index (χ4v) is 9.12. The van der Waals surface area contributed by atoms with Crippen molar-refractivity contribution in [2.75, 3.05) is 16.5 Å². The van der Waals surface area contributed by atoms with E-state index in [0.29, 0.717) is 11.5 Å². The highest BCUT2D eigenvalue weighted by molar-refractivity contribution is 6.09. The Balaban J connectivity index is 1.11. The number of halogens is 2. The van der Waals surface area contributed by atoms with Gasteiger partial charge in [0, 0.05) is 34.8 Å². The van der Waals surface area contributed by atoms with E-state index in [1.54, 1.807) is 11.1 Å². The number of hydrogen-bond acceptors (Lipinski definition) is 4. The summed E-state index contributed by atoms with van der Waals surface area (Å²) in [6.07, 6.45) is 1.81. The first-order valence-electron chi connectivity index (χ1n) is 21.8. The molecule has 0 radical (unpaired) electrons. The third-order valence-electron chi connectivity index (χ3n) is 12.4. The first kappa shape index (κ1) is 39.8. The molecule has 316 valence electrons. The lowest BCUT2D eigenvalue weighted by Gasteiger charge is -2.24. The van der Waals surface area contributed by atoms with Gasteiger partial charge in [-0.25, -0.2) is 13.8 Å². The molecule has 0 spiro atoms. The smallest absolute Gasteiger partial charge is 0.149 e. The molecule has 10 aromatic rings. The van der Waals surface area contributed by atoms with E-state index in [-0.39, 0.29) is 17.8 Å². The molecule has 7 heteroatoms. The molecule has 0 saturated heterocycles. The van der Waals surface area contributed by atoms with Crippen molar-refractivity contribution in [3.05, 3.63) is 218 Å². The van der Waals surface area contributed by atoms with Crippen LogP contribution in [0.5, 0.6) is 11.5 Å². The molecule has 5 nitrogen and oxygen atoms in total. The summed E-state index contributed by atoms with van der Waals surface area (Å²) < 4.78 is 40.7. The predicted octanol–water partition coefficient (Wildman–Crippen LogP) is 15.8. The van der Waals surface area contributed by atoms with E-state index in [1.165, 1.54) is 18.2 Å². The number of para-hydroxylation sites is 2. The van der Waals surface area contributed by atoms with Gasteiger partial charge >= 0.3 is 0 Å². The fraction of sp³-hybridized carbons (Fsp3) is 0.0862. The summed E-state index contributed by atoms with van der Waals surface area (Å²) in [4.78, 5) is 8.60. The molecule has 8 aromatic carbocycles. The van der Waals surface area contributed by atoms with Gasteiger partial charge in [0.15, 0.2) is 0 Å². The van der Waals surface area contributed by atoms with E-state index in [4.69, 9.17) is 9.72 Å². The Bertz CT molecular complexity index is 3320. The summed E-state index contributed by atoms with van der Waals surface area (Å²) in [5.74, 6) is 0.816. The van der Waals surface area contributed by atoms with E-state index in [1.807, 2.05) is 48.5 Å². The Morgan fingerprint density at radius 2 is 1.11 bits per heavy atom. The third kappa shape index (κ3) is 7.35. The number of anilines is 4. The van der Waals surface area contributed by atoms with E-state index < -0.39 is 11.6 Å². The predicted molar refractivity (Wildman–Crippen MR) is 262 cm³/mol. The normalized spacial score (nSPS) is 12.6. The molecule has 1 aliphatic heterocycles. The van der Waals surface area contributed by atoms with E-state index in [9.17, 15) is 0 Å². The summed E-state index contributed by atoms with van der Waals surface area (Å²) in [5, 5.41) is 2.21. The first-order valence-corrected chi connectivity index (χ1v) is 21.8. The zero-order valence-electron chi connectivity index (χ0n) is 36.2. The average molecular weight is 851 g/mol. The Labute approximate surface area is 377 Å². The van der Waals surface area contributed by atoms with Gasteiger partial charge < -0.3 is 14.5 Å². The SMILES string of the molecule is CC(C)(C)c1ccc2c(c1)N(c1c(F)cccc1F)CN2c1cc(Oc2ccc3c4ccccc4n(-c4ccccn4)c3c2)cc(-c2cc(-c3ccccc3)cc(-c3ccccc3)c2)c1. The second-order valence-corrected chi connectivity index (χ2v) is 17.6. The standard InChI is InChI=1S/C58H44F2N4O/c1-58(2,3)44-24-27-53-55(34-44)63(57-50(59)20-14-21-51(57)60)37-62(53)45-32-43(42-30-40(38-15-6-4-7-16-38)29-41(31-42)39-17-8-5-9-18-39)33-47(35-45)65-46-25-26-49-48-19-10-11-22-52(48)64(54(49)36-46)56-23-12-13-28-61-56/h4-36H,37H2,1-3H3. The maximum atomic E-state index is 15.8. The molecule has 0 atom stereocenters. The minimum absolute atomic E-state index is 0.0883. The molecule has 0 fully saturated rings. The van der Waals surface area contributed by atoms with Crippen LogP contribution in [-0.4, -0.2) is 16.2 Å². The number of nitrogens with zero attached hydrogens (tertiary/aromatic N) is 4. The molecule has 65 heavy (non-hydrogen) atoms. The van der Waals surface area contributed by atoms with Gasteiger partial charge in [-0.1, -0.05) is 118 Å². The van der Waals surface area contributed by atoms with Crippen LogP contribution in [0.15, 0.2) is 200 Å². The number of ether oxygens (including phenoxy) is 1. The summed E-state index contributed by atoms with van der Waals surface area (Å²) in [5.41, 5.74) is 11.4. The highest BCUT2D eigenvalue weighted by Gasteiger charge is 2.33. The minimum atomic E-state index is -0.624. The lowest BCUT2D eigenvalue weighted by Crippen LogP contribution is -2.25. The molecule has 0 N–H and O–H groups in total. The highest BCUT2D eigenvalue weighted by Crippen LogP contribution is 2.49. The van der Waals surface area contributed by atoms with Crippen molar-refractivity contribution in [2.24, 2.45) is 0 Å². The van der Waals surface area contributed by atoms with Gasteiger partial charge in [0.1, 0.15) is 41.3 Å². The Hall–Kier alpha value is -8.03. The second-order valence-electron chi connectivity index (χ2n) is 17.6. The van der Waals surface area contributed by atoms with Crippen molar-refractivity contribution in [1.82, 2.24) is 9.55 Å². The summed E-state index contributed by atoms with van der Waals surface area (Å²) in [7, 11) is 0. The summed E-state index contributed by atoms with van der Waals surface area (Å²) in [6, 6.07) is 64.4. The second kappa shape index (κ2) is 16.0. The van der Waals surface area contributed by atoms with Gasteiger partial charge in [-0.15, -0.1) is 0 Å². The number of fused-ring (bicyclic) bond motifs is 4. The number of benzene rings is 8.